The highest BCUT2D eigenvalue weighted by molar-refractivity contribution is 5.88. The van der Waals surface area contributed by atoms with Gasteiger partial charge in [-0.25, -0.2) is 9.97 Å². The van der Waals surface area contributed by atoms with Crippen LogP contribution in [0.5, 0.6) is 0 Å². The van der Waals surface area contributed by atoms with E-state index < -0.39 is 0 Å². The van der Waals surface area contributed by atoms with Gasteiger partial charge in [0.25, 0.3) is 0 Å². The van der Waals surface area contributed by atoms with Crippen LogP contribution >= 0.6 is 0 Å². The van der Waals surface area contributed by atoms with Crippen molar-refractivity contribution in [1.82, 2.24) is 15.0 Å². The molecule has 0 aliphatic heterocycles. The van der Waals surface area contributed by atoms with Crippen LogP contribution in [0.25, 0.3) is 78.4 Å². The zero-order chi connectivity index (χ0) is 42.6. The lowest BCUT2D eigenvalue weighted by atomic mass is 9.65. The van der Waals surface area contributed by atoms with Gasteiger partial charge in [0, 0.05) is 46.3 Å². The predicted octanol–water partition coefficient (Wildman–Crippen LogP) is 14.7. The first kappa shape index (κ1) is 36.9. The molecule has 4 aliphatic rings. The fourth-order valence-corrected chi connectivity index (χ4v) is 11.7. The standard InChI is InChI=1S/C61H43N3/c1-60(2)51-17-7-3-13-45(51)49-31-29-42(34-55(49)60)38-21-25-40(26-22-38)57-36-58(41-27-23-39(24-28-41)44-12-11-33-62-37-44)64-59(63-57)43-30-32-50-48-16-6-10-20-54(48)61(56(50)35-43)52-18-8-4-14-46(52)47-15-5-9-19-53(47)61/h3-37,46,52H,1-2H3. The van der Waals surface area contributed by atoms with Gasteiger partial charge in [-0.1, -0.05) is 190 Å². The van der Waals surface area contributed by atoms with Crippen LogP contribution in [0.1, 0.15) is 53.1 Å². The first-order valence-electron chi connectivity index (χ1n) is 22.4. The minimum Gasteiger partial charge on any atom is -0.264 e. The highest BCUT2D eigenvalue weighted by Gasteiger charge is 2.57. The zero-order valence-corrected chi connectivity index (χ0v) is 35.7. The lowest BCUT2D eigenvalue weighted by molar-refractivity contribution is 0.465. The van der Waals surface area contributed by atoms with Crippen molar-refractivity contribution in [2.24, 2.45) is 5.92 Å². The lowest BCUT2D eigenvalue weighted by Crippen LogP contribution is -2.33. The summed E-state index contributed by atoms with van der Waals surface area (Å²) in [6.07, 6.45) is 13.0. The summed E-state index contributed by atoms with van der Waals surface area (Å²) in [7, 11) is 0. The fraction of sp³-hybridized carbons (Fsp3) is 0.0984. The number of rotatable bonds is 5. The van der Waals surface area contributed by atoms with Crippen molar-refractivity contribution in [1.29, 1.82) is 0 Å². The first-order chi connectivity index (χ1) is 31.5. The molecular formula is C61H43N3. The maximum Gasteiger partial charge on any atom is 0.160 e. The maximum atomic E-state index is 5.43. The number of fused-ring (bicyclic) bond motifs is 13. The molecule has 13 rings (SSSR count). The topological polar surface area (TPSA) is 38.7 Å². The van der Waals surface area contributed by atoms with Crippen molar-refractivity contribution in [3.8, 4) is 78.4 Å². The van der Waals surface area contributed by atoms with Crippen molar-refractivity contribution in [2.45, 2.75) is 30.6 Å². The number of nitrogens with zero attached hydrogens (tertiary/aromatic N) is 3. The van der Waals surface area contributed by atoms with Gasteiger partial charge < -0.3 is 0 Å². The smallest absolute Gasteiger partial charge is 0.160 e. The zero-order valence-electron chi connectivity index (χ0n) is 35.7. The van der Waals surface area contributed by atoms with Crippen LogP contribution in [0.15, 0.2) is 213 Å². The molecule has 1 spiro atoms. The first-order valence-corrected chi connectivity index (χ1v) is 22.4. The van der Waals surface area contributed by atoms with Gasteiger partial charge in [-0.3, -0.25) is 4.98 Å². The molecule has 7 aromatic carbocycles. The van der Waals surface area contributed by atoms with E-state index in [4.69, 9.17) is 9.97 Å². The van der Waals surface area contributed by atoms with Crippen molar-refractivity contribution in [3.05, 3.63) is 246 Å². The van der Waals surface area contributed by atoms with E-state index in [9.17, 15) is 0 Å². The van der Waals surface area contributed by atoms with Gasteiger partial charge in [0.05, 0.1) is 16.8 Å². The van der Waals surface area contributed by atoms with Crippen molar-refractivity contribution >= 4 is 0 Å². The third kappa shape index (κ3) is 5.31. The summed E-state index contributed by atoms with van der Waals surface area (Å²) in [4.78, 5) is 15.2. The van der Waals surface area contributed by atoms with Gasteiger partial charge in [0.2, 0.25) is 0 Å². The molecule has 0 amide bonds. The second-order valence-corrected chi connectivity index (χ2v) is 18.3. The maximum absolute atomic E-state index is 5.43. The van der Waals surface area contributed by atoms with Gasteiger partial charge in [-0.15, -0.1) is 0 Å². The Hall–Kier alpha value is -7.75. The molecule has 2 heterocycles. The Morgan fingerprint density at radius 3 is 1.67 bits per heavy atom. The van der Waals surface area contributed by atoms with E-state index in [2.05, 4.69) is 213 Å². The number of hydrogen-bond donors (Lipinski definition) is 0. The predicted molar refractivity (Wildman–Crippen MR) is 261 cm³/mol. The number of hydrogen-bond acceptors (Lipinski definition) is 3. The molecule has 0 N–H and O–H groups in total. The van der Waals surface area contributed by atoms with Gasteiger partial charge in [0.1, 0.15) is 0 Å². The van der Waals surface area contributed by atoms with E-state index in [1.165, 1.54) is 66.8 Å². The molecule has 2 aromatic heterocycles. The Kier molecular flexibility index (Phi) is 7.99. The highest BCUT2D eigenvalue weighted by atomic mass is 14.9. The second-order valence-electron chi connectivity index (χ2n) is 18.3. The van der Waals surface area contributed by atoms with Gasteiger partial charge in [0.15, 0.2) is 5.82 Å². The molecule has 3 nitrogen and oxygen atoms in total. The molecule has 0 radical (unpaired) electrons. The molecule has 3 unspecified atom stereocenters. The average Bonchev–Trinajstić information content (AvgIpc) is 3.92. The molecule has 3 atom stereocenters. The van der Waals surface area contributed by atoms with Crippen molar-refractivity contribution in [2.75, 3.05) is 0 Å². The molecule has 4 aliphatic carbocycles. The SMILES string of the molecule is CC1(C)c2ccccc2-c2ccc(-c3ccc(-c4cc(-c5ccc(-c6cccnc6)cc5)nc(-c5ccc6c(c5)C5(c7ccccc7-6)c6ccccc6C6C=CC=CC65)n4)cc3)cc21. The molecule has 0 bridgehead atoms. The summed E-state index contributed by atoms with van der Waals surface area (Å²) in [5.74, 6) is 1.26. The lowest BCUT2D eigenvalue weighted by Gasteiger charge is -2.36. The molecule has 302 valence electrons. The van der Waals surface area contributed by atoms with Crippen molar-refractivity contribution in [3.63, 3.8) is 0 Å². The minimum atomic E-state index is -0.335. The molecule has 3 heteroatoms. The Labute approximate surface area is 374 Å². The summed E-state index contributed by atoms with van der Waals surface area (Å²) in [6.45, 7) is 4.68. The van der Waals surface area contributed by atoms with Crippen molar-refractivity contribution < 1.29 is 0 Å². The van der Waals surface area contributed by atoms with E-state index in [1.807, 2.05) is 18.5 Å². The summed E-state index contributed by atoms with van der Waals surface area (Å²) in [6, 6.07) is 64.7. The van der Waals surface area contributed by atoms with Crippen LogP contribution in [0.4, 0.5) is 0 Å². The largest absolute Gasteiger partial charge is 0.264 e. The Morgan fingerprint density at radius 1 is 0.406 bits per heavy atom. The Bertz CT molecular complexity index is 3410. The van der Waals surface area contributed by atoms with Crippen LogP contribution < -0.4 is 0 Å². The van der Waals surface area contributed by atoms with E-state index >= 15 is 0 Å². The Morgan fingerprint density at radius 2 is 0.953 bits per heavy atom. The third-order valence-electron chi connectivity index (χ3n) is 14.7. The van der Waals surface area contributed by atoms with Crippen LogP contribution in [0.2, 0.25) is 0 Å². The fourth-order valence-electron chi connectivity index (χ4n) is 11.7. The number of benzene rings is 7. The average molecular weight is 818 g/mol. The number of aromatic nitrogens is 3. The quantitative estimate of drug-likeness (QED) is 0.174. The monoisotopic (exact) mass is 817 g/mol. The molecular weight excluding hydrogens is 775 g/mol. The van der Waals surface area contributed by atoms with E-state index in [-0.39, 0.29) is 16.7 Å². The minimum absolute atomic E-state index is 0.0567. The van der Waals surface area contributed by atoms with Gasteiger partial charge in [-0.2, -0.15) is 0 Å². The summed E-state index contributed by atoms with van der Waals surface area (Å²) in [5.41, 5.74) is 22.6. The summed E-state index contributed by atoms with van der Waals surface area (Å²) < 4.78 is 0. The van der Waals surface area contributed by atoms with Crippen LogP contribution in [-0.4, -0.2) is 15.0 Å². The van der Waals surface area contributed by atoms with Crippen LogP contribution in [0, 0.1) is 5.92 Å². The highest BCUT2D eigenvalue weighted by Crippen LogP contribution is 2.65. The molecule has 0 saturated heterocycles. The van der Waals surface area contributed by atoms with Gasteiger partial charge >= 0.3 is 0 Å². The molecule has 0 saturated carbocycles. The van der Waals surface area contributed by atoms with Crippen LogP contribution in [0.3, 0.4) is 0 Å². The van der Waals surface area contributed by atoms with E-state index in [0.29, 0.717) is 11.7 Å². The second kappa shape index (κ2) is 13.9. The van der Waals surface area contributed by atoms with Gasteiger partial charge in [-0.05, 0) is 102 Å². The summed E-state index contributed by atoms with van der Waals surface area (Å²) >= 11 is 0. The normalized spacial score (nSPS) is 18.8. The van der Waals surface area contributed by atoms with E-state index in [0.717, 1.165) is 39.2 Å². The molecule has 0 fully saturated rings. The van der Waals surface area contributed by atoms with Crippen LogP contribution in [-0.2, 0) is 10.8 Å². The Balaban J connectivity index is 0.945. The number of allylic oxidation sites excluding steroid dienone is 4. The third-order valence-corrected chi connectivity index (χ3v) is 14.7. The summed E-state index contributed by atoms with van der Waals surface area (Å²) in [5, 5.41) is 0. The number of pyridine rings is 1. The molecule has 64 heavy (non-hydrogen) atoms. The molecule has 9 aromatic rings. The van der Waals surface area contributed by atoms with E-state index in [1.54, 1.807) is 0 Å².